The minimum Gasteiger partial charge on any atom is -0.368 e. The van der Waals surface area contributed by atoms with Crippen LogP contribution in [0.15, 0.2) is 39.8 Å². The first-order chi connectivity index (χ1) is 14.3. The van der Waals surface area contributed by atoms with E-state index < -0.39 is 9.84 Å². The monoisotopic (exact) mass is 433 g/mol. The molecule has 1 aromatic heterocycles. The largest absolute Gasteiger partial charge is 0.368 e. The topological polar surface area (TPSA) is 110 Å². The van der Waals surface area contributed by atoms with Gasteiger partial charge >= 0.3 is 0 Å². The van der Waals surface area contributed by atoms with Crippen molar-refractivity contribution in [3.05, 3.63) is 36.0 Å². The van der Waals surface area contributed by atoms with E-state index >= 15 is 0 Å². The molecule has 3 heterocycles. The van der Waals surface area contributed by atoms with Crippen molar-refractivity contribution >= 4 is 21.7 Å². The van der Waals surface area contributed by atoms with Crippen LogP contribution in [0.4, 0.5) is 0 Å². The molecule has 0 saturated carbocycles. The van der Waals surface area contributed by atoms with Crippen LogP contribution in [0.5, 0.6) is 0 Å². The molecule has 0 radical (unpaired) electrons. The summed E-state index contributed by atoms with van der Waals surface area (Å²) >= 11 is 0. The molecule has 4 rings (SSSR count). The third kappa shape index (κ3) is 4.24. The van der Waals surface area contributed by atoms with Gasteiger partial charge in [-0.15, -0.1) is 0 Å². The predicted octanol–water partition coefficient (Wildman–Crippen LogP) is 1.21. The summed E-state index contributed by atoms with van der Waals surface area (Å²) in [5, 5.41) is 3.87. The zero-order chi connectivity index (χ0) is 21.3. The first-order valence-electron chi connectivity index (χ1n) is 9.80. The Balaban J connectivity index is 1.38. The fraction of sp³-hybridized carbons (Fsp3) is 0.450. The number of carbonyl (C=O) groups excluding carboxylic acids is 2. The molecular formula is C20H23N3O6S. The Morgan fingerprint density at radius 1 is 1.07 bits per heavy atom. The van der Waals surface area contributed by atoms with Crippen molar-refractivity contribution in [2.45, 2.75) is 23.8 Å². The van der Waals surface area contributed by atoms with E-state index in [2.05, 4.69) is 5.16 Å². The highest BCUT2D eigenvalue weighted by atomic mass is 32.2. The summed E-state index contributed by atoms with van der Waals surface area (Å²) in [4.78, 5) is 28.8. The van der Waals surface area contributed by atoms with Gasteiger partial charge in [-0.05, 0) is 37.1 Å². The van der Waals surface area contributed by atoms with E-state index in [-0.39, 0.29) is 28.5 Å². The zero-order valence-corrected chi connectivity index (χ0v) is 17.4. The van der Waals surface area contributed by atoms with Gasteiger partial charge in [-0.2, -0.15) is 0 Å². The number of rotatable bonds is 4. The number of nitrogens with zero attached hydrogens (tertiary/aromatic N) is 3. The highest BCUT2D eigenvalue weighted by Crippen LogP contribution is 2.23. The number of amides is 2. The Hall–Kier alpha value is -2.72. The highest BCUT2D eigenvalue weighted by Gasteiger charge is 2.32. The molecule has 0 spiro atoms. The molecule has 1 aromatic carbocycles. The fourth-order valence-electron chi connectivity index (χ4n) is 3.65. The Labute approximate surface area is 174 Å². The summed E-state index contributed by atoms with van der Waals surface area (Å²) in [7, 11) is -3.28. The minimum atomic E-state index is -3.28. The van der Waals surface area contributed by atoms with E-state index in [1.807, 2.05) is 0 Å². The zero-order valence-electron chi connectivity index (χ0n) is 16.6. The molecule has 2 aliphatic rings. The molecule has 2 amide bonds. The molecule has 1 atom stereocenters. The van der Waals surface area contributed by atoms with Crippen LogP contribution in [0, 0.1) is 0 Å². The van der Waals surface area contributed by atoms with Crippen LogP contribution < -0.4 is 0 Å². The molecule has 2 fully saturated rings. The van der Waals surface area contributed by atoms with E-state index in [0.29, 0.717) is 44.1 Å². The number of benzene rings is 1. The molecule has 2 saturated heterocycles. The summed E-state index contributed by atoms with van der Waals surface area (Å²) in [6, 6.07) is 7.74. The van der Waals surface area contributed by atoms with Crippen LogP contribution in [0.1, 0.15) is 23.3 Å². The van der Waals surface area contributed by atoms with Gasteiger partial charge in [-0.25, -0.2) is 8.42 Å². The van der Waals surface area contributed by atoms with Gasteiger partial charge < -0.3 is 19.1 Å². The van der Waals surface area contributed by atoms with Gasteiger partial charge in [0.25, 0.3) is 11.8 Å². The number of piperazine rings is 1. The number of hydrogen-bond acceptors (Lipinski definition) is 7. The second-order valence-electron chi connectivity index (χ2n) is 7.49. The lowest BCUT2D eigenvalue weighted by Crippen LogP contribution is -2.52. The Morgan fingerprint density at radius 2 is 1.73 bits per heavy atom. The summed E-state index contributed by atoms with van der Waals surface area (Å²) in [6.07, 6.45) is 2.45. The van der Waals surface area contributed by atoms with Gasteiger partial charge in [0.15, 0.2) is 21.3 Å². The van der Waals surface area contributed by atoms with Gasteiger partial charge in [0.1, 0.15) is 6.10 Å². The first-order valence-corrected chi connectivity index (χ1v) is 11.7. The summed E-state index contributed by atoms with van der Waals surface area (Å²) < 4.78 is 33.9. The maximum Gasteiger partial charge on any atom is 0.276 e. The SMILES string of the molecule is CS(=O)(=O)c1ccc(-c2cc(C(=O)N3CCN(C(=O)C4CCCO4)CC3)no2)cc1. The molecule has 2 aromatic rings. The van der Waals surface area contributed by atoms with Crippen molar-refractivity contribution in [1.82, 2.24) is 15.0 Å². The lowest BCUT2D eigenvalue weighted by atomic mass is 10.1. The number of sulfone groups is 1. The van der Waals surface area contributed by atoms with Crippen molar-refractivity contribution in [2.75, 3.05) is 39.0 Å². The van der Waals surface area contributed by atoms with E-state index in [1.165, 1.54) is 12.1 Å². The average molecular weight is 433 g/mol. The van der Waals surface area contributed by atoms with Crippen LogP contribution in [-0.2, 0) is 19.4 Å². The molecule has 9 nitrogen and oxygen atoms in total. The summed E-state index contributed by atoms with van der Waals surface area (Å²) in [5.74, 6) is 0.119. The molecule has 30 heavy (non-hydrogen) atoms. The molecule has 2 aliphatic heterocycles. The Kier molecular flexibility index (Phi) is 5.61. The van der Waals surface area contributed by atoms with Crippen LogP contribution in [0.3, 0.4) is 0 Å². The van der Waals surface area contributed by atoms with Crippen molar-refractivity contribution in [2.24, 2.45) is 0 Å². The maximum absolute atomic E-state index is 12.8. The normalized spacial score (nSPS) is 19.8. The quantitative estimate of drug-likeness (QED) is 0.713. The van der Waals surface area contributed by atoms with Crippen LogP contribution >= 0.6 is 0 Å². The Bertz CT molecular complexity index is 1030. The summed E-state index contributed by atoms with van der Waals surface area (Å²) in [6.45, 7) is 2.38. The van der Waals surface area contributed by atoms with Crippen LogP contribution in [0.2, 0.25) is 0 Å². The number of aromatic nitrogens is 1. The van der Waals surface area contributed by atoms with Gasteiger partial charge in [-0.1, -0.05) is 5.16 Å². The number of carbonyl (C=O) groups is 2. The highest BCUT2D eigenvalue weighted by molar-refractivity contribution is 7.90. The fourth-order valence-corrected chi connectivity index (χ4v) is 4.28. The van der Waals surface area contributed by atoms with Crippen LogP contribution in [0.25, 0.3) is 11.3 Å². The van der Waals surface area contributed by atoms with Gasteiger partial charge in [0.2, 0.25) is 0 Å². The van der Waals surface area contributed by atoms with Crippen LogP contribution in [-0.4, -0.2) is 80.3 Å². The summed E-state index contributed by atoms with van der Waals surface area (Å²) in [5.41, 5.74) is 0.803. The minimum absolute atomic E-state index is 0.000798. The van der Waals surface area contributed by atoms with Gasteiger partial charge in [-0.3, -0.25) is 9.59 Å². The lowest BCUT2D eigenvalue weighted by Gasteiger charge is -2.35. The molecule has 0 aliphatic carbocycles. The number of hydrogen-bond donors (Lipinski definition) is 0. The van der Waals surface area contributed by atoms with Crippen molar-refractivity contribution in [3.8, 4) is 11.3 Å². The van der Waals surface area contributed by atoms with Crippen molar-refractivity contribution in [3.63, 3.8) is 0 Å². The Morgan fingerprint density at radius 3 is 2.33 bits per heavy atom. The average Bonchev–Trinajstić information content (AvgIpc) is 3.45. The second-order valence-corrected chi connectivity index (χ2v) is 9.51. The smallest absolute Gasteiger partial charge is 0.276 e. The second kappa shape index (κ2) is 8.19. The molecule has 160 valence electrons. The third-order valence-electron chi connectivity index (χ3n) is 5.38. The molecular weight excluding hydrogens is 410 g/mol. The van der Waals surface area contributed by atoms with Gasteiger partial charge in [0, 0.05) is 50.7 Å². The van der Waals surface area contributed by atoms with Crippen molar-refractivity contribution < 1.29 is 27.3 Å². The third-order valence-corrected chi connectivity index (χ3v) is 6.51. The maximum atomic E-state index is 12.8. The predicted molar refractivity (Wildman–Crippen MR) is 107 cm³/mol. The van der Waals surface area contributed by atoms with Gasteiger partial charge in [0.05, 0.1) is 4.90 Å². The van der Waals surface area contributed by atoms with Crippen molar-refractivity contribution in [1.29, 1.82) is 0 Å². The number of ether oxygens (including phenoxy) is 1. The lowest BCUT2D eigenvalue weighted by molar-refractivity contribution is -0.142. The first kappa shape index (κ1) is 20.5. The molecule has 10 heteroatoms. The van der Waals surface area contributed by atoms with E-state index in [1.54, 1.807) is 28.0 Å². The van der Waals surface area contributed by atoms with E-state index in [0.717, 1.165) is 19.1 Å². The molecule has 0 N–H and O–H groups in total. The molecule has 1 unspecified atom stereocenters. The molecule has 0 bridgehead atoms. The van der Waals surface area contributed by atoms with E-state index in [4.69, 9.17) is 9.26 Å². The standard InChI is InChI=1S/C20H23N3O6S/c1-30(26,27)15-6-4-14(5-7-15)18-13-16(21-29-18)19(24)22-8-10-23(11-9-22)20(25)17-3-2-12-28-17/h4-7,13,17H,2-3,8-12H2,1H3. The van der Waals surface area contributed by atoms with E-state index in [9.17, 15) is 18.0 Å².